The molecule has 1 aliphatic rings. The first-order chi connectivity index (χ1) is 13.7. The van der Waals surface area contributed by atoms with E-state index in [-0.39, 0.29) is 18.7 Å². The molecule has 0 fully saturated rings. The van der Waals surface area contributed by atoms with Gasteiger partial charge in [-0.25, -0.2) is 0 Å². The number of fused-ring (bicyclic) bond motifs is 1. The highest BCUT2D eigenvalue weighted by atomic mass is 35.5. The number of ether oxygens (including phenoxy) is 2. The molecule has 4 rings (SSSR count). The molecule has 2 aromatic carbocycles. The quantitative estimate of drug-likeness (QED) is 0.654. The van der Waals surface area contributed by atoms with Crippen LogP contribution in [0.25, 0.3) is 6.08 Å². The third-order valence-corrected chi connectivity index (χ3v) is 4.56. The number of hydrogen-bond donors (Lipinski definition) is 1. The fourth-order valence-electron chi connectivity index (χ4n) is 2.97. The van der Waals surface area contributed by atoms with E-state index in [9.17, 15) is 4.79 Å². The Morgan fingerprint density at radius 2 is 1.93 bits per heavy atom. The molecule has 0 saturated carbocycles. The van der Waals surface area contributed by atoms with Gasteiger partial charge in [-0.05, 0) is 41.5 Å². The van der Waals surface area contributed by atoms with E-state index < -0.39 is 0 Å². The van der Waals surface area contributed by atoms with Gasteiger partial charge >= 0.3 is 0 Å². The molecule has 2 heterocycles. The van der Waals surface area contributed by atoms with Crippen LogP contribution in [0.4, 0.5) is 0 Å². The first-order valence-corrected chi connectivity index (χ1v) is 9.12. The summed E-state index contributed by atoms with van der Waals surface area (Å²) in [5, 5.41) is 3.46. The summed E-state index contributed by atoms with van der Waals surface area (Å²) in [6, 6.07) is 18.5. The maximum atomic E-state index is 12.6. The van der Waals surface area contributed by atoms with E-state index >= 15 is 0 Å². The molecule has 5 nitrogen and oxygen atoms in total. The lowest BCUT2D eigenvalue weighted by Gasteiger charge is -2.17. The van der Waals surface area contributed by atoms with Crippen molar-refractivity contribution in [1.82, 2.24) is 10.3 Å². The molecule has 1 N–H and O–H groups in total. The first kappa shape index (κ1) is 18.1. The second-order valence-corrected chi connectivity index (χ2v) is 6.58. The van der Waals surface area contributed by atoms with Crippen molar-refractivity contribution in [1.29, 1.82) is 0 Å². The zero-order valence-electron chi connectivity index (χ0n) is 14.8. The molecule has 6 heteroatoms. The van der Waals surface area contributed by atoms with Gasteiger partial charge in [0.2, 0.25) is 12.7 Å². The lowest BCUT2D eigenvalue weighted by atomic mass is 10.0. The average molecular weight is 393 g/mol. The van der Waals surface area contributed by atoms with Crippen molar-refractivity contribution in [2.75, 3.05) is 6.79 Å². The second kappa shape index (κ2) is 8.15. The van der Waals surface area contributed by atoms with Crippen LogP contribution in [0.15, 0.2) is 72.9 Å². The fourth-order valence-corrected chi connectivity index (χ4v) is 3.24. The SMILES string of the molecule is O=C(/C=C/c1cc(Cl)c2c(c1)OCO2)NC(c1ccccc1)c1ccccn1. The standard InChI is InChI=1S/C22H17ClN2O3/c23-17-12-15(13-19-22(17)28-14-27-19)9-10-20(26)25-21(16-6-2-1-3-7-16)18-8-4-5-11-24-18/h1-13,21H,14H2,(H,25,26)/b10-9+. The maximum absolute atomic E-state index is 12.6. The van der Waals surface area contributed by atoms with Gasteiger partial charge in [0.05, 0.1) is 16.8 Å². The van der Waals surface area contributed by atoms with Crippen LogP contribution in [0, 0.1) is 0 Å². The summed E-state index contributed by atoms with van der Waals surface area (Å²) in [5.74, 6) is 0.860. The van der Waals surface area contributed by atoms with Crippen LogP contribution >= 0.6 is 11.6 Å². The van der Waals surface area contributed by atoms with Crippen molar-refractivity contribution < 1.29 is 14.3 Å². The number of carbonyl (C=O) groups is 1. The topological polar surface area (TPSA) is 60.5 Å². The zero-order valence-corrected chi connectivity index (χ0v) is 15.6. The van der Waals surface area contributed by atoms with Gasteiger partial charge in [0, 0.05) is 12.3 Å². The van der Waals surface area contributed by atoms with Crippen molar-refractivity contribution in [3.8, 4) is 11.5 Å². The van der Waals surface area contributed by atoms with Crippen molar-refractivity contribution in [3.63, 3.8) is 0 Å². The number of halogens is 1. The minimum Gasteiger partial charge on any atom is -0.454 e. The molecule has 28 heavy (non-hydrogen) atoms. The number of aromatic nitrogens is 1. The Bertz CT molecular complexity index is 968. The highest BCUT2D eigenvalue weighted by Crippen LogP contribution is 2.40. The van der Waals surface area contributed by atoms with Crippen molar-refractivity contribution in [3.05, 3.63) is 94.8 Å². The van der Waals surface area contributed by atoms with Gasteiger partial charge in [0.25, 0.3) is 0 Å². The molecule has 1 atom stereocenters. The number of nitrogens with one attached hydrogen (secondary N) is 1. The Kier molecular flexibility index (Phi) is 5.26. The summed E-state index contributed by atoms with van der Waals surface area (Å²) in [6.45, 7) is 0.144. The Labute approximate surface area is 167 Å². The van der Waals surface area contributed by atoms with E-state index in [4.69, 9.17) is 21.1 Å². The van der Waals surface area contributed by atoms with Crippen LogP contribution in [0.1, 0.15) is 22.9 Å². The fraction of sp³-hybridized carbons (Fsp3) is 0.0909. The molecular weight excluding hydrogens is 376 g/mol. The molecule has 0 spiro atoms. The van der Waals surface area contributed by atoms with Gasteiger partial charge in [-0.15, -0.1) is 0 Å². The van der Waals surface area contributed by atoms with E-state index in [1.807, 2.05) is 48.5 Å². The van der Waals surface area contributed by atoms with E-state index in [1.165, 1.54) is 6.08 Å². The number of amides is 1. The third kappa shape index (κ3) is 4.00. The highest BCUT2D eigenvalue weighted by molar-refractivity contribution is 6.32. The Balaban J connectivity index is 1.54. The molecule has 0 bridgehead atoms. The van der Waals surface area contributed by atoms with Gasteiger partial charge in [0.15, 0.2) is 11.5 Å². The number of benzene rings is 2. The van der Waals surface area contributed by atoms with Crippen molar-refractivity contribution in [2.45, 2.75) is 6.04 Å². The van der Waals surface area contributed by atoms with Crippen molar-refractivity contribution in [2.24, 2.45) is 0 Å². The molecule has 1 aliphatic heterocycles. The number of rotatable bonds is 5. The molecule has 1 amide bonds. The molecule has 0 radical (unpaired) electrons. The summed E-state index contributed by atoms with van der Waals surface area (Å²) in [7, 11) is 0. The number of nitrogens with zero attached hydrogens (tertiary/aromatic N) is 1. The molecule has 1 aromatic heterocycles. The molecule has 3 aromatic rings. The van der Waals surface area contributed by atoms with Crippen LogP contribution in [0.2, 0.25) is 5.02 Å². The highest BCUT2D eigenvalue weighted by Gasteiger charge is 2.18. The average Bonchev–Trinajstić information content (AvgIpc) is 3.21. The maximum Gasteiger partial charge on any atom is 0.244 e. The normalized spacial score (nSPS) is 13.5. The van der Waals surface area contributed by atoms with Gasteiger partial charge in [0.1, 0.15) is 0 Å². The Morgan fingerprint density at radius 1 is 1.11 bits per heavy atom. The largest absolute Gasteiger partial charge is 0.454 e. The third-order valence-electron chi connectivity index (χ3n) is 4.28. The molecule has 1 unspecified atom stereocenters. The van der Waals surface area contributed by atoms with Gasteiger partial charge in [-0.2, -0.15) is 0 Å². The number of carbonyl (C=O) groups excluding carboxylic acids is 1. The van der Waals surface area contributed by atoms with E-state index in [1.54, 1.807) is 24.4 Å². The minimum absolute atomic E-state index is 0.144. The second-order valence-electron chi connectivity index (χ2n) is 6.18. The minimum atomic E-state index is -0.347. The predicted molar refractivity (Wildman–Crippen MR) is 107 cm³/mol. The van der Waals surface area contributed by atoms with Crippen LogP contribution in [-0.2, 0) is 4.79 Å². The van der Waals surface area contributed by atoms with Crippen molar-refractivity contribution >= 4 is 23.6 Å². The predicted octanol–water partition coefficient (Wildman–Crippen LogP) is 4.38. The lowest BCUT2D eigenvalue weighted by Crippen LogP contribution is -2.28. The van der Waals surface area contributed by atoms with Gasteiger partial charge in [-0.1, -0.05) is 48.0 Å². The summed E-state index contributed by atoms with van der Waals surface area (Å²) in [6.07, 6.45) is 4.86. The van der Waals surface area contributed by atoms with Gasteiger partial charge in [-0.3, -0.25) is 9.78 Å². The van der Waals surface area contributed by atoms with Gasteiger partial charge < -0.3 is 14.8 Å². The number of pyridine rings is 1. The molecule has 0 saturated heterocycles. The van der Waals surface area contributed by atoms with Crippen LogP contribution in [-0.4, -0.2) is 17.7 Å². The smallest absolute Gasteiger partial charge is 0.244 e. The van der Waals surface area contributed by atoms with E-state index in [0.29, 0.717) is 16.5 Å². The van der Waals surface area contributed by atoms with Crippen LogP contribution in [0.3, 0.4) is 0 Å². The summed E-state index contributed by atoms with van der Waals surface area (Å²) >= 11 is 6.19. The van der Waals surface area contributed by atoms with E-state index in [2.05, 4.69) is 10.3 Å². The summed E-state index contributed by atoms with van der Waals surface area (Å²) < 4.78 is 10.7. The van der Waals surface area contributed by atoms with E-state index in [0.717, 1.165) is 16.8 Å². The summed E-state index contributed by atoms with van der Waals surface area (Å²) in [5.41, 5.74) is 2.47. The Hall–Kier alpha value is -3.31. The van der Waals surface area contributed by atoms with Crippen LogP contribution < -0.4 is 14.8 Å². The number of hydrogen-bond acceptors (Lipinski definition) is 4. The summed E-state index contributed by atoms with van der Waals surface area (Å²) in [4.78, 5) is 17.0. The molecular formula is C22H17ClN2O3. The Morgan fingerprint density at radius 3 is 2.71 bits per heavy atom. The zero-order chi connectivity index (χ0) is 19.3. The lowest BCUT2D eigenvalue weighted by molar-refractivity contribution is -0.116. The molecule has 140 valence electrons. The van der Waals surface area contributed by atoms with Crippen LogP contribution in [0.5, 0.6) is 11.5 Å². The monoisotopic (exact) mass is 392 g/mol. The molecule has 0 aliphatic carbocycles. The first-order valence-electron chi connectivity index (χ1n) is 8.74.